The van der Waals surface area contributed by atoms with Crippen molar-refractivity contribution >= 4 is 5.97 Å². The van der Waals surface area contributed by atoms with E-state index < -0.39 is 12.1 Å². The first-order valence-corrected chi connectivity index (χ1v) is 7.42. The molecule has 0 bridgehead atoms. The number of likely N-dealkylation sites (N-methyl/N-ethyl adjacent to an activating group) is 1. The zero-order valence-electron chi connectivity index (χ0n) is 14.1. The summed E-state index contributed by atoms with van der Waals surface area (Å²) in [5.41, 5.74) is 1.86. The minimum absolute atomic E-state index is 0.0131. The molecule has 0 aliphatic heterocycles. The second-order valence-corrected chi connectivity index (χ2v) is 6.64. The van der Waals surface area contributed by atoms with Gasteiger partial charge in [0, 0.05) is 12.1 Å². The maximum Gasteiger partial charge on any atom is 0.317 e. The van der Waals surface area contributed by atoms with E-state index in [1.807, 2.05) is 18.2 Å². The van der Waals surface area contributed by atoms with Gasteiger partial charge < -0.3 is 14.9 Å². The van der Waals surface area contributed by atoms with Crippen molar-refractivity contribution in [2.75, 3.05) is 27.2 Å². The van der Waals surface area contributed by atoms with Gasteiger partial charge in [-0.3, -0.25) is 9.69 Å². The fourth-order valence-electron chi connectivity index (χ4n) is 2.27. The van der Waals surface area contributed by atoms with Gasteiger partial charge in [-0.25, -0.2) is 0 Å². The van der Waals surface area contributed by atoms with Crippen LogP contribution < -0.4 is 4.74 Å². The molecule has 1 rings (SSSR count). The highest BCUT2D eigenvalue weighted by Gasteiger charge is 2.20. The van der Waals surface area contributed by atoms with Crippen molar-refractivity contribution in [2.24, 2.45) is 0 Å². The Balaban J connectivity index is 2.86. The molecule has 0 fully saturated rings. The maximum atomic E-state index is 10.7. The molecule has 1 atom stereocenters. The van der Waals surface area contributed by atoms with E-state index in [0.717, 1.165) is 11.1 Å². The zero-order chi connectivity index (χ0) is 16.9. The first-order chi connectivity index (χ1) is 10.1. The van der Waals surface area contributed by atoms with Crippen LogP contribution in [0, 0.1) is 0 Å². The topological polar surface area (TPSA) is 70.0 Å². The molecule has 0 saturated heterocycles. The normalized spacial score (nSPS) is 13.2. The van der Waals surface area contributed by atoms with Gasteiger partial charge in [-0.2, -0.15) is 0 Å². The molecule has 1 unspecified atom stereocenters. The fourth-order valence-corrected chi connectivity index (χ4v) is 2.27. The molecular formula is C17H27NO4. The molecule has 5 heteroatoms. The van der Waals surface area contributed by atoms with Crippen molar-refractivity contribution in [2.45, 2.75) is 38.7 Å². The molecule has 5 nitrogen and oxygen atoms in total. The third-order valence-electron chi connectivity index (χ3n) is 3.64. The van der Waals surface area contributed by atoms with Crippen molar-refractivity contribution in [1.29, 1.82) is 0 Å². The van der Waals surface area contributed by atoms with Crippen LogP contribution in [-0.2, 0) is 10.2 Å². The number of carbonyl (C=O) groups is 1. The number of hydrogen-bond acceptors (Lipinski definition) is 4. The number of carboxylic acids is 1. The molecule has 0 amide bonds. The molecule has 0 radical (unpaired) electrons. The van der Waals surface area contributed by atoms with Gasteiger partial charge in [-0.15, -0.1) is 0 Å². The highest BCUT2D eigenvalue weighted by molar-refractivity contribution is 5.68. The number of aliphatic carboxylic acids is 1. The number of benzene rings is 1. The molecule has 0 spiro atoms. The zero-order valence-corrected chi connectivity index (χ0v) is 14.1. The van der Waals surface area contributed by atoms with Crippen molar-refractivity contribution in [3.63, 3.8) is 0 Å². The summed E-state index contributed by atoms with van der Waals surface area (Å²) in [5.74, 6) is -0.217. The monoisotopic (exact) mass is 309 g/mol. The first kappa shape index (κ1) is 18.5. The lowest BCUT2D eigenvalue weighted by Crippen LogP contribution is -2.27. The van der Waals surface area contributed by atoms with Crippen molar-refractivity contribution < 1.29 is 19.7 Å². The van der Waals surface area contributed by atoms with E-state index in [1.54, 1.807) is 19.1 Å². The second-order valence-electron chi connectivity index (χ2n) is 6.64. The molecule has 0 aliphatic carbocycles. The molecule has 22 heavy (non-hydrogen) atoms. The Morgan fingerprint density at radius 3 is 2.50 bits per heavy atom. The van der Waals surface area contributed by atoms with Gasteiger partial charge in [0.25, 0.3) is 0 Å². The van der Waals surface area contributed by atoms with Crippen LogP contribution in [0.3, 0.4) is 0 Å². The predicted molar refractivity (Wildman–Crippen MR) is 86.4 cm³/mol. The Bertz CT molecular complexity index is 508. The third-order valence-corrected chi connectivity index (χ3v) is 3.64. The van der Waals surface area contributed by atoms with Crippen LogP contribution >= 0.6 is 0 Å². The summed E-state index contributed by atoms with van der Waals surface area (Å²) in [6.07, 6.45) is -0.234. The molecule has 0 heterocycles. The summed E-state index contributed by atoms with van der Waals surface area (Å²) in [5, 5.41) is 19.2. The van der Waals surface area contributed by atoms with E-state index in [4.69, 9.17) is 9.84 Å². The second kappa shape index (κ2) is 7.61. The highest BCUT2D eigenvalue weighted by Crippen LogP contribution is 2.32. The van der Waals surface area contributed by atoms with Gasteiger partial charge in [0.2, 0.25) is 0 Å². The Hall–Kier alpha value is -1.59. The van der Waals surface area contributed by atoms with Crippen LogP contribution in [0.4, 0.5) is 0 Å². The smallest absolute Gasteiger partial charge is 0.317 e. The summed E-state index contributed by atoms with van der Waals surface area (Å²) < 4.78 is 5.34. The fraction of sp³-hybridized carbons (Fsp3) is 0.588. The van der Waals surface area contributed by atoms with Crippen LogP contribution in [0.2, 0.25) is 0 Å². The first-order valence-electron chi connectivity index (χ1n) is 7.42. The SMILES string of the molecule is COc1ccc(C(C)(C)C)cc1C(O)CCN(C)CC(=O)O. The van der Waals surface area contributed by atoms with Crippen LogP contribution in [0.15, 0.2) is 18.2 Å². The Kier molecular flexibility index (Phi) is 6.38. The molecule has 0 saturated carbocycles. The summed E-state index contributed by atoms with van der Waals surface area (Å²) in [6, 6.07) is 5.85. The largest absolute Gasteiger partial charge is 0.496 e. The molecule has 0 aliphatic rings. The number of rotatable bonds is 7. The Morgan fingerprint density at radius 1 is 1.36 bits per heavy atom. The summed E-state index contributed by atoms with van der Waals surface area (Å²) >= 11 is 0. The van der Waals surface area contributed by atoms with Gasteiger partial charge in [0.05, 0.1) is 19.8 Å². The van der Waals surface area contributed by atoms with Gasteiger partial charge >= 0.3 is 5.97 Å². The quantitative estimate of drug-likeness (QED) is 0.809. The standard InChI is InChI=1S/C17H27NO4/c1-17(2,3)12-6-7-15(22-5)13(10-12)14(19)8-9-18(4)11-16(20)21/h6-7,10,14,19H,8-9,11H2,1-5H3,(H,20,21). The maximum absolute atomic E-state index is 10.7. The molecule has 124 valence electrons. The molecule has 0 aromatic heterocycles. The van der Waals surface area contributed by atoms with E-state index in [0.29, 0.717) is 18.7 Å². The number of methoxy groups -OCH3 is 1. The highest BCUT2D eigenvalue weighted by atomic mass is 16.5. The Labute approximate surface area is 132 Å². The van der Waals surface area contributed by atoms with Crippen LogP contribution in [0.5, 0.6) is 5.75 Å². The Morgan fingerprint density at radius 2 is 2.00 bits per heavy atom. The molecular weight excluding hydrogens is 282 g/mol. The van der Waals surface area contributed by atoms with Gasteiger partial charge in [-0.05, 0) is 36.6 Å². The predicted octanol–water partition coefficient (Wildman–Crippen LogP) is 2.43. The number of carboxylic acid groups (broad SMARTS) is 1. The van der Waals surface area contributed by atoms with Crippen molar-refractivity contribution in [3.8, 4) is 5.75 Å². The van der Waals surface area contributed by atoms with Crippen LogP contribution in [-0.4, -0.2) is 48.3 Å². The van der Waals surface area contributed by atoms with E-state index in [-0.39, 0.29) is 12.0 Å². The average molecular weight is 309 g/mol. The number of hydrogen-bond donors (Lipinski definition) is 2. The van der Waals surface area contributed by atoms with Crippen molar-refractivity contribution in [1.82, 2.24) is 4.90 Å². The van der Waals surface area contributed by atoms with Crippen molar-refractivity contribution in [3.05, 3.63) is 29.3 Å². The molecule has 1 aromatic rings. The van der Waals surface area contributed by atoms with Gasteiger partial charge in [-0.1, -0.05) is 26.8 Å². The lowest BCUT2D eigenvalue weighted by atomic mass is 9.85. The van der Waals surface area contributed by atoms with Gasteiger partial charge in [0.15, 0.2) is 0 Å². The third kappa shape index (κ3) is 5.31. The summed E-state index contributed by atoms with van der Waals surface area (Å²) in [7, 11) is 3.31. The number of aliphatic hydroxyl groups is 1. The van der Waals surface area contributed by atoms with Gasteiger partial charge in [0.1, 0.15) is 5.75 Å². The minimum atomic E-state index is -0.871. The summed E-state index contributed by atoms with van der Waals surface area (Å²) in [4.78, 5) is 12.3. The van der Waals surface area contributed by atoms with Crippen LogP contribution in [0.1, 0.15) is 44.4 Å². The number of ether oxygens (including phenoxy) is 1. The van der Waals surface area contributed by atoms with E-state index in [2.05, 4.69) is 20.8 Å². The number of nitrogens with zero attached hydrogens (tertiary/aromatic N) is 1. The lowest BCUT2D eigenvalue weighted by Gasteiger charge is -2.23. The minimum Gasteiger partial charge on any atom is -0.496 e. The molecule has 1 aromatic carbocycles. The van der Waals surface area contributed by atoms with E-state index >= 15 is 0 Å². The van der Waals surface area contributed by atoms with E-state index in [9.17, 15) is 9.90 Å². The lowest BCUT2D eigenvalue weighted by molar-refractivity contribution is -0.138. The summed E-state index contributed by atoms with van der Waals surface area (Å²) in [6.45, 7) is 6.81. The molecule has 2 N–H and O–H groups in total. The number of aliphatic hydroxyl groups excluding tert-OH is 1. The van der Waals surface area contributed by atoms with Crippen LogP contribution in [0.25, 0.3) is 0 Å². The average Bonchev–Trinajstić information content (AvgIpc) is 2.42. The van der Waals surface area contributed by atoms with E-state index in [1.165, 1.54) is 0 Å².